The Hall–Kier alpha value is -4.59. The zero-order valence-corrected chi connectivity index (χ0v) is 17.5. The number of aromatic nitrogens is 2. The summed E-state index contributed by atoms with van der Waals surface area (Å²) in [6, 6.07) is 18.6. The van der Waals surface area contributed by atoms with Crippen LogP contribution in [0.5, 0.6) is 0 Å². The number of amides is 1. The van der Waals surface area contributed by atoms with Crippen LogP contribution in [-0.4, -0.2) is 27.2 Å². The third kappa shape index (κ3) is 3.89. The predicted molar refractivity (Wildman–Crippen MR) is 127 cm³/mol. The van der Waals surface area contributed by atoms with E-state index in [9.17, 15) is 14.9 Å². The smallest absolute Gasteiger partial charge is 0.272 e. The molecule has 8 heteroatoms. The number of hydrogen-bond donors (Lipinski definition) is 2. The molecule has 0 aliphatic heterocycles. The first-order valence-electron chi connectivity index (χ1n) is 10.4. The number of rotatable bonds is 6. The van der Waals surface area contributed by atoms with Crippen LogP contribution in [0, 0.1) is 10.1 Å². The molecule has 0 radical (unpaired) electrons. The van der Waals surface area contributed by atoms with Crippen molar-refractivity contribution in [3.8, 4) is 11.3 Å². The largest absolute Gasteiger partial charge is 0.289 e. The Labute approximate surface area is 188 Å². The van der Waals surface area contributed by atoms with Crippen LogP contribution >= 0.6 is 0 Å². The van der Waals surface area contributed by atoms with Gasteiger partial charge >= 0.3 is 0 Å². The number of hydrazone groups is 1. The summed E-state index contributed by atoms with van der Waals surface area (Å²) in [6.45, 7) is 0. The summed E-state index contributed by atoms with van der Waals surface area (Å²) in [6.07, 6.45) is 6.53. The second kappa shape index (κ2) is 8.51. The molecule has 8 nitrogen and oxygen atoms in total. The van der Waals surface area contributed by atoms with E-state index < -0.39 is 10.8 Å². The van der Waals surface area contributed by atoms with E-state index in [1.165, 1.54) is 34.9 Å². The standard InChI is InChI=1S/C25H19N5O3/c31-25(29-26-14-4-7-16-5-1-2-9-23(16)30(32)33)22-15-21(27-28-22)19-13-12-18-11-10-17-6-3-8-20(19)24(17)18/h1-9,12-15H,10-11H2,(H,27,28)(H,29,31)/b7-4-,26-14+. The molecule has 0 bridgehead atoms. The highest BCUT2D eigenvalue weighted by Gasteiger charge is 2.18. The van der Waals surface area contributed by atoms with Gasteiger partial charge in [0.25, 0.3) is 11.6 Å². The summed E-state index contributed by atoms with van der Waals surface area (Å²) in [5, 5.41) is 24.4. The number of allylic oxidation sites excluding steroid dienone is 1. The molecular formula is C25H19N5O3. The highest BCUT2D eigenvalue weighted by atomic mass is 16.6. The minimum Gasteiger partial charge on any atom is -0.272 e. The number of carbonyl (C=O) groups is 1. The summed E-state index contributed by atoms with van der Waals surface area (Å²) < 4.78 is 0. The molecule has 162 valence electrons. The lowest BCUT2D eigenvalue weighted by molar-refractivity contribution is -0.385. The van der Waals surface area contributed by atoms with Gasteiger partial charge in [0.05, 0.1) is 16.2 Å². The normalized spacial score (nSPS) is 12.7. The number of aromatic amines is 1. The van der Waals surface area contributed by atoms with Crippen molar-refractivity contribution in [1.82, 2.24) is 15.6 Å². The topological polar surface area (TPSA) is 113 Å². The number of para-hydroxylation sites is 1. The quantitative estimate of drug-likeness (QED) is 0.259. The molecule has 3 aromatic carbocycles. The molecule has 0 fully saturated rings. The molecule has 0 saturated heterocycles. The molecule has 1 aromatic heterocycles. The zero-order valence-electron chi connectivity index (χ0n) is 17.5. The fourth-order valence-corrected chi connectivity index (χ4v) is 4.19. The lowest BCUT2D eigenvalue weighted by atomic mass is 9.98. The third-order valence-electron chi connectivity index (χ3n) is 5.71. The minimum absolute atomic E-state index is 0.000725. The van der Waals surface area contributed by atoms with Gasteiger partial charge in [0.15, 0.2) is 0 Å². The predicted octanol–water partition coefficient (Wildman–Crippen LogP) is 4.67. The van der Waals surface area contributed by atoms with Crippen molar-refractivity contribution in [2.75, 3.05) is 0 Å². The summed E-state index contributed by atoms with van der Waals surface area (Å²) in [7, 11) is 0. The van der Waals surface area contributed by atoms with Crippen molar-refractivity contribution in [2.45, 2.75) is 12.8 Å². The Balaban J connectivity index is 1.29. The first kappa shape index (κ1) is 20.3. The molecule has 4 aromatic rings. The van der Waals surface area contributed by atoms with Gasteiger partial charge in [-0.3, -0.25) is 20.0 Å². The molecule has 1 aliphatic carbocycles. The number of carbonyl (C=O) groups excluding carboxylic acids is 1. The van der Waals surface area contributed by atoms with E-state index in [1.54, 1.807) is 30.3 Å². The molecular weight excluding hydrogens is 418 g/mol. The highest BCUT2D eigenvalue weighted by Crippen LogP contribution is 2.36. The van der Waals surface area contributed by atoms with Crippen LogP contribution in [0.1, 0.15) is 27.2 Å². The van der Waals surface area contributed by atoms with Gasteiger partial charge < -0.3 is 0 Å². The maximum absolute atomic E-state index is 12.4. The van der Waals surface area contributed by atoms with Crippen molar-refractivity contribution in [3.05, 3.63) is 99.2 Å². The average molecular weight is 437 g/mol. The SMILES string of the molecule is O=C(N/N=C/C=C\c1ccccc1[N+](=O)[O-])c1cc(-c2ccc3c4c(cccc24)CC3)n[nH]1. The van der Waals surface area contributed by atoms with E-state index in [0.717, 1.165) is 23.8 Å². The van der Waals surface area contributed by atoms with Crippen LogP contribution in [0.4, 0.5) is 5.69 Å². The monoisotopic (exact) mass is 437 g/mol. The van der Waals surface area contributed by atoms with Crippen molar-refractivity contribution < 1.29 is 9.72 Å². The molecule has 0 atom stereocenters. The summed E-state index contributed by atoms with van der Waals surface area (Å²) >= 11 is 0. The number of nitro benzene ring substituents is 1. The van der Waals surface area contributed by atoms with E-state index in [-0.39, 0.29) is 11.4 Å². The molecule has 1 amide bonds. The number of H-pyrrole nitrogens is 1. The summed E-state index contributed by atoms with van der Waals surface area (Å²) in [4.78, 5) is 23.0. The number of benzene rings is 3. The molecule has 5 rings (SSSR count). The zero-order chi connectivity index (χ0) is 22.8. The van der Waals surface area contributed by atoms with E-state index in [0.29, 0.717) is 11.3 Å². The number of aryl methyl sites for hydroxylation is 2. The van der Waals surface area contributed by atoms with Crippen LogP contribution < -0.4 is 5.43 Å². The van der Waals surface area contributed by atoms with Gasteiger partial charge in [0.2, 0.25) is 0 Å². The molecule has 1 heterocycles. The van der Waals surface area contributed by atoms with Gasteiger partial charge in [0.1, 0.15) is 5.69 Å². The minimum atomic E-state index is -0.448. The maximum atomic E-state index is 12.4. The van der Waals surface area contributed by atoms with Crippen molar-refractivity contribution in [3.63, 3.8) is 0 Å². The average Bonchev–Trinajstić information content (AvgIpc) is 3.48. The maximum Gasteiger partial charge on any atom is 0.289 e. The van der Waals surface area contributed by atoms with E-state index >= 15 is 0 Å². The van der Waals surface area contributed by atoms with Gasteiger partial charge in [-0.2, -0.15) is 10.2 Å². The summed E-state index contributed by atoms with van der Waals surface area (Å²) in [5.41, 5.74) is 7.52. The highest BCUT2D eigenvalue weighted by molar-refractivity contribution is 6.02. The number of hydrogen-bond acceptors (Lipinski definition) is 5. The summed E-state index contributed by atoms with van der Waals surface area (Å²) in [5.74, 6) is -0.435. The van der Waals surface area contributed by atoms with E-state index in [2.05, 4.69) is 51.1 Å². The van der Waals surface area contributed by atoms with Crippen LogP contribution in [0.3, 0.4) is 0 Å². The molecule has 2 N–H and O–H groups in total. The van der Waals surface area contributed by atoms with Crippen LogP contribution in [0.2, 0.25) is 0 Å². The van der Waals surface area contributed by atoms with Gasteiger partial charge in [-0.15, -0.1) is 0 Å². The fourth-order valence-electron chi connectivity index (χ4n) is 4.19. The Morgan fingerprint density at radius 3 is 2.76 bits per heavy atom. The van der Waals surface area contributed by atoms with Crippen molar-refractivity contribution in [1.29, 1.82) is 0 Å². The fraction of sp³-hybridized carbons (Fsp3) is 0.0800. The number of nitrogens with zero attached hydrogens (tertiary/aromatic N) is 3. The second-order valence-corrected chi connectivity index (χ2v) is 7.67. The van der Waals surface area contributed by atoms with Gasteiger partial charge in [-0.25, -0.2) is 5.43 Å². The molecule has 0 spiro atoms. The first-order chi connectivity index (χ1) is 16.1. The van der Waals surface area contributed by atoms with Crippen LogP contribution in [0.15, 0.2) is 71.8 Å². The van der Waals surface area contributed by atoms with Crippen LogP contribution in [0.25, 0.3) is 28.1 Å². The van der Waals surface area contributed by atoms with Crippen molar-refractivity contribution in [2.24, 2.45) is 5.10 Å². The van der Waals surface area contributed by atoms with Gasteiger partial charge in [0, 0.05) is 17.8 Å². The van der Waals surface area contributed by atoms with Gasteiger partial charge in [-0.05, 0) is 59.0 Å². The number of nitrogens with one attached hydrogen (secondary N) is 2. The molecule has 33 heavy (non-hydrogen) atoms. The van der Waals surface area contributed by atoms with Gasteiger partial charge in [-0.1, -0.05) is 42.5 Å². The van der Waals surface area contributed by atoms with Crippen LogP contribution in [-0.2, 0) is 12.8 Å². The Morgan fingerprint density at radius 2 is 1.91 bits per heavy atom. The molecule has 0 saturated carbocycles. The Morgan fingerprint density at radius 1 is 1.09 bits per heavy atom. The Bertz CT molecular complexity index is 1440. The first-order valence-corrected chi connectivity index (χ1v) is 10.4. The van der Waals surface area contributed by atoms with E-state index in [4.69, 9.17) is 0 Å². The molecule has 0 unspecified atom stereocenters. The molecule has 1 aliphatic rings. The lowest BCUT2D eigenvalue weighted by Gasteiger charge is -2.06. The number of nitro groups is 1. The van der Waals surface area contributed by atoms with Crippen molar-refractivity contribution >= 4 is 34.7 Å². The second-order valence-electron chi connectivity index (χ2n) is 7.67. The van der Waals surface area contributed by atoms with E-state index in [1.807, 2.05) is 0 Å². The third-order valence-corrected chi connectivity index (χ3v) is 5.71. The Kier molecular flexibility index (Phi) is 5.24. The lowest BCUT2D eigenvalue weighted by Crippen LogP contribution is -2.17.